The van der Waals surface area contributed by atoms with E-state index in [2.05, 4.69) is 15.3 Å². The van der Waals surface area contributed by atoms with Gasteiger partial charge >= 0.3 is 0 Å². The molecule has 1 spiro atoms. The molecule has 22 heavy (non-hydrogen) atoms. The van der Waals surface area contributed by atoms with E-state index in [9.17, 15) is 4.79 Å². The maximum atomic E-state index is 11.9. The van der Waals surface area contributed by atoms with Gasteiger partial charge in [-0.15, -0.1) is 0 Å². The number of nitrogens with one attached hydrogen (secondary N) is 1. The SMILES string of the molecule is CNCC(=O)N1CCC2(CC1)CO[C@@H](Cc1cnccn1)C2. The first-order chi connectivity index (χ1) is 10.7. The summed E-state index contributed by atoms with van der Waals surface area (Å²) in [6, 6.07) is 0. The van der Waals surface area contributed by atoms with Crippen LogP contribution in [0.1, 0.15) is 25.0 Å². The third-order valence-electron chi connectivity index (χ3n) is 4.84. The molecule has 1 atom stereocenters. The number of likely N-dealkylation sites (tertiary alicyclic amines) is 1. The Morgan fingerprint density at radius 1 is 1.45 bits per heavy atom. The number of amides is 1. The molecule has 2 aliphatic rings. The van der Waals surface area contributed by atoms with Crippen molar-refractivity contribution in [3.8, 4) is 0 Å². The lowest BCUT2D eigenvalue weighted by molar-refractivity contribution is -0.132. The van der Waals surface area contributed by atoms with Crippen molar-refractivity contribution in [2.75, 3.05) is 33.3 Å². The molecule has 2 aliphatic heterocycles. The zero-order valence-electron chi connectivity index (χ0n) is 13.1. The van der Waals surface area contributed by atoms with E-state index < -0.39 is 0 Å². The highest BCUT2D eigenvalue weighted by Crippen LogP contribution is 2.42. The molecule has 120 valence electrons. The van der Waals surface area contributed by atoms with Gasteiger partial charge in [0.15, 0.2) is 0 Å². The molecular weight excluding hydrogens is 280 g/mol. The summed E-state index contributed by atoms with van der Waals surface area (Å²) in [5.41, 5.74) is 1.25. The van der Waals surface area contributed by atoms with Crippen LogP contribution in [-0.4, -0.2) is 60.2 Å². The summed E-state index contributed by atoms with van der Waals surface area (Å²) in [6.07, 6.45) is 9.45. The summed E-state index contributed by atoms with van der Waals surface area (Å²) in [6.45, 7) is 2.94. The van der Waals surface area contributed by atoms with Gasteiger partial charge in [0.05, 0.1) is 24.9 Å². The highest BCUT2D eigenvalue weighted by Gasteiger charge is 2.42. The van der Waals surface area contributed by atoms with Crippen molar-refractivity contribution >= 4 is 5.91 Å². The number of nitrogens with zero attached hydrogens (tertiary/aromatic N) is 3. The van der Waals surface area contributed by atoms with Gasteiger partial charge in [-0.2, -0.15) is 0 Å². The molecule has 6 nitrogen and oxygen atoms in total. The molecule has 1 aromatic rings. The Kier molecular flexibility index (Phi) is 4.69. The maximum absolute atomic E-state index is 11.9. The number of carbonyl (C=O) groups excluding carboxylic acids is 1. The average molecular weight is 304 g/mol. The lowest BCUT2D eigenvalue weighted by Gasteiger charge is -2.38. The minimum atomic E-state index is 0.201. The predicted octanol–water partition coefficient (Wildman–Crippen LogP) is 0.636. The van der Waals surface area contributed by atoms with Crippen LogP contribution in [0.2, 0.25) is 0 Å². The highest BCUT2D eigenvalue weighted by molar-refractivity contribution is 5.78. The third-order valence-corrected chi connectivity index (χ3v) is 4.84. The molecule has 0 unspecified atom stereocenters. The minimum Gasteiger partial charge on any atom is -0.377 e. The minimum absolute atomic E-state index is 0.201. The van der Waals surface area contributed by atoms with Gasteiger partial charge in [0.25, 0.3) is 0 Å². The van der Waals surface area contributed by atoms with Crippen molar-refractivity contribution in [1.82, 2.24) is 20.2 Å². The fraction of sp³-hybridized carbons (Fsp3) is 0.688. The largest absolute Gasteiger partial charge is 0.377 e. The monoisotopic (exact) mass is 304 g/mol. The van der Waals surface area contributed by atoms with Crippen LogP contribution in [-0.2, 0) is 16.0 Å². The van der Waals surface area contributed by atoms with Crippen molar-refractivity contribution in [1.29, 1.82) is 0 Å². The Labute approximate surface area is 131 Å². The lowest BCUT2D eigenvalue weighted by Crippen LogP contribution is -2.46. The second-order valence-corrected chi connectivity index (χ2v) is 6.45. The molecule has 0 aromatic carbocycles. The van der Waals surface area contributed by atoms with Crippen molar-refractivity contribution in [2.45, 2.75) is 31.8 Å². The zero-order chi connectivity index (χ0) is 15.4. The molecule has 2 fully saturated rings. The quantitative estimate of drug-likeness (QED) is 0.884. The van der Waals surface area contributed by atoms with Crippen molar-refractivity contribution in [3.05, 3.63) is 24.3 Å². The maximum Gasteiger partial charge on any atom is 0.236 e. The number of hydrogen-bond acceptors (Lipinski definition) is 5. The van der Waals surface area contributed by atoms with Crippen LogP contribution in [0.4, 0.5) is 0 Å². The first-order valence-corrected chi connectivity index (χ1v) is 8.00. The Morgan fingerprint density at radius 3 is 2.95 bits per heavy atom. The molecule has 1 N–H and O–H groups in total. The summed E-state index contributed by atoms with van der Waals surface area (Å²) in [7, 11) is 1.81. The normalized spacial score (nSPS) is 23.9. The number of ether oxygens (including phenoxy) is 1. The van der Waals surface area contributed by atoms with E-state index in [-0.39, 0.29) is 17.4 Å². The summed E-state index contributed by atoms with van der Waals surface area (Å²) in [5.74, 6) is 0.201. The zero-order valence-corrected chi connectivity index (χ0v) is 13.1. The smallest absolute Gasteiger partial charge is 0.236 e. The van der Waals surface area contributed by atoms with Gasteiger partial charge in [-0.3, -0.25) is 14.8 Å². The summed E-state index contributed by atoms with van der Waals surface area (Å²) in [4.78, 5) is 22.3. The molecule has 3 heterocycles. The molecule has 6 heteroatoms. The highest BCUT2D eigenvalue weighted by atomic mass is 16.5. The molecule has 2 saturated heterocycles. The Bertz CT molecular complexity index is 500. The van der Waals surface area contributed by atoms with E-state index in [4.69, 9.17) is 4.74 Å². The summed E-state index contributed by atoms with van der Waals surface area (Å²) < 4.78 is 6.01. The van der Waals surface area contributed by atoms with Crippen LogP contribution in [0, 0.1) is 5.41 Å². The fourth-order valence-electron chi connectivity index (χ4n) is 3.54. The molecule has 3 rings (SSSR count). The molecule has 1 aromatic heterocycles. The van der Waals surface area contributed by atoms with E-state index in [1.54, 1.807) is 12.4 Å². The fourth-order valence-corrected chi connectivity index (χ4v) is 3.54. The van der Waals surface area contributed by atoms with Crippen molar-refractivity contribution in [3.63, 3.8) is 0 Å². The topological polar surface area (TPSA) is 67.4 Å². The second kappa shape index (κ2) is 6.71. The Morgan fingerprint density at radius 2 is 2.27 bits per heavy atom. The number of hydrogen-bond donors (Lipinski definition) is 1. The number of likely N-dealkylation sites (N-methyl/N-ethyl adjacent to an activating group) is 1. The summed E-state index contributed by atoms with van der Waals surface area (Å²) in [5, 5.41) is 2.93. The van der Waals surface area contributed by atoms with Gasteiger partial charge in [0, 0.05) is 38.1 Å². The number of rotatable bonds is 4. The molecule has 0 aliphatic carbocycles. The average Bonchev–Trinajstić information content (AvgIpc) is 2.92. The Balaban J connectivity index is 1.51. The molecule has 0 saturated carbocycles. The molecule has 0 bridgehead atoms. The number of piperidine rings is 1. The number of carbonyl (C=O) groups is 1. The van der Waals surface area contributed by atoms with Crippen molar-refractivity contribution < 1.29 is 9.53 Å². The van der Waals surface area contributed by atoms with E-state index >= 15 is 0 Å². The van der Waals surface area contributed by atoms with Crippen LogP contribution in [0.15, 0.2) is 18.6 Å². The van der Waals surface area contributed by atoms with Crippen LogP contribution in [0.5, 0.6) is 0 Å². The van der Waals surface area contributed by atoms with E-state index in [0.717, 1.165) is 51.1 Å². The van der Waals surface area contributed by atoms with Gasteiger partial charge < -0.3 is 15.0 Å². The van der Waals surface area contributed by atoms with Gasteiger partial charge in [0.2, 0.25) is 5.91 Å². The van der Waals surface area contributed by atoms with Crippen LogP contribution in [0.3, 0.4) is 0 Å². The van der Waals surface area contributed by atoms with E-state index in [1.807, 2.05) is 18.1 Å². The second-order valence-electron chi connectivity index (χ2n) is 6.45. The van der Waals surface area contributed by atoms with E-state index in [0.29, 0.717) is 6.54 Å². The number of aromatic nitrogens is 2. The lowest BCUT2D eigenvalue weighted by atomic mass is 9.76. The van der Waals surface area contributed by atoms with E-state index in [1.165, 1.54) is 0 Å². The molecule has 1 amide bonds. The first-order valence-electron chi connectivity index (χ1n) is 8.00. The molecular formula is C16H24N4O2. The standard InChI is InChI=1S/C16H24N4O2/c1-17-11-15(21)20-6-2-16(3-7-20)9-14(22-12-16)8-13-10-18-4-5-19-13/h4-5,10,14,17H,2-3,6-9,11-12H2,1H3/t14-/m0/s1. The first kappa shape index (κ1) is 15.4. The molecule has 0 radical (unpaired) electrons. The van der Waals surface area contributed by atoms with Crippen LogP contribution in [0.25, 0.3) is 0 Å². The van der Waals surface area contributed by atoms with Gasteiger partial charge in [0.1, 0.15) is 0 Å². The van der Waals surface area contributed by atoms with Crippen LogP contribution < -0.4 is 5.32 Å². The van der Waals surface area contributed by atoms with Gasteiger partial charge in [-0.1, -0.05) is 0 Å². The predicted molar refractivity (Wildman–Crippen MR) is 82.3 cm³/mol. The Hall–Kier alpha value is -1.53. The third kappa shape index (κ3) is 3.44. The summed E-state index contributed by atoms with van der Waals surface area (Å²) >= 11 is 0. The van der Waals surface area contributed by atoms with Gasteiger partial charge in [-0.25, -0.2) is 0 Å². The van der Waals surface area contributed by atoms with Crippen molar-refractivity contribution in [2.24, 2.45) is 5.41 Å². The van der Waals surface area contributed by atoms with Gasteiger partial charge in [-0.05, 0) is 31.7 Å². The van der Waals surface area contributed by atoms with Crippen LogP contribution >= 0.6 is 0 Å².